The maximum Gasteiger partial charge on any atom is 1.00 e. The van der Waals surface area contributed by atoms with E-state index in [0.29, 0.717) is 65.9 Å². The molecule has 9 aromatic carbocycles. The number of benzene rings is 9. The van der Waals surface area contributed by atoms with Gasteiger partial charge < -0.3 is 56.5 Å². The van der Waals surface area contributed by atoms with Gasteiger partial charge in [0.05, 0.1) is 68.0 Å². The van der Waals surface area contributed by atoms with Crippen LogP contribution in [0.5, 0.6) is 0 Å². The molecule has 9 aromatic rings. The van der Waals surface area contributed by atoms with E-state index in [1.54, 1.807) is 35.4 Å². The molecule has 776 valence electrons. The average Bonchev–Trinajstić information content (AvgIpc) is 1.30. The fourth-order valence-corrected chi connectivity index (χ4v) is 22.9. The van der Waals surface area contributed by atoms with Gasteiger partial charge in [-0.05, 0) is 297 Å². The average molecular weight is 2150 g/mol. The molecule has 2 fully saturated rings. The number of hydrogen-bond donors (Lipinski definition) is 4. The van der Waals surface area contributed by atoms with Crippen molar-refractivity contribution in [3.8, 4) is 0 Å². The van der Waals surface area contributed by atoms with Crippen LogP contribution in [0.2, 0.25) is 0 Å². The third-order valence-corrected chi connectivity index (χ3v) is 31.5. The van der Waals surface area contributed by atoms with Crippen LogP contribution < -0.4 is 103 Å². The number of allylic oxidation sites excluding steroid dienone is 15. The molecule has 5 aliphatic carbocycles. The van der Waals surface area contributed by atoms with Crippen molar-refractivity contribution in [3.63, 3.8) is 0 Å². The SMILES string of the molecule is C.CC1=C(/C=C/c2cccc(Br)c2)C(C)(C)CCC1.CC1=C(/C=C/c2cccc(CC(O)CCl)c2)C(C)(C)CCC1.CC1=C(/C=C/c2cccc(CC(O)CN)c2)C(C)(C)CCC1.CC1=C(/C=C/c2cccc(CC(O)CN=[N+]=[N-])c2)C(C)(C)CCC1.CC1=C(/C=C/c2cccc(CC3CO3)c2)C(C)(C)CCC1.ClCC1CO1.O=C1[N-]C(=O)c2ccccc21.[K+].[N-]=[N+]=[N-].[Na+].c1ccc(P(c2ccccc2)c2ccccc2)cc1. The second-order valence-corrected chi connectivity index (χ2v) is 46.0. The van der Waals surface area contributed by atoms with Crippen molar-refractivity contribution in [3.05, 3.63) is 420 Å². The number of fused-ring (bicyclic) bond motifs is 1. The zero-order valence-electron chi connectivity index (χ0n) is 90.1. The molecule has 8 aliphatic rings. The van der Waals surface area contributed by atoms with Crippen molar-refractivity contribution >= 4 is 105 Å². The second-order valence-electron chi connectivity index (χ2n) is 42.2. The molecule has 148 heavy (non-hydrogen) atoms. The van der Waals surface area contributed by atoms with Gasteiger partial charge in [-0.3, -0.25) is 4.91 Å². The topological polar surface area (TPSA) is 267 Å². The van der Waals surface area contributed by atoms with E-state index in [1.165, 1.54) is 190 Å². The summed E-state index contributed by atoms with van der Waals surface area (Å²) in [7, 11) is -0.446. The summed E-state index contributed by atoms with van der Waals surface area (Å²) in [5, 5.41) is 40.1. The number of halogens is 3. The van der Waals surface area contributed by atoms with E-state index in [9.17, 15) is 24.9 Å². The van der Waals surface area contributed by atoms with E-state index in [4.69, 9.17) is 55.0 Å². The van der Waals surface area contributed by atoms with Crippen molar-refractivity contribution in [2.45, 2.75) is 264 Å². The molecular formula is C127H158BrCl2KN8NaO7P. The van der Waals surface area contributed by atoms with Gasteiger partial charge in [-0.2, -0.15) is 0 Å². The number of carbonyl (C=O) groups is 2. The Hall–Kier alpha value is -7.97. The smallest absolute Gasteiger partial charge is 0.587 e. The molecule has 0 bridgehead atoms. The summed E-state index contributed by atoms with van der Waals surface area (Å²) in [5.41, 5.74) is 55.4. The van der Waals surface area contributed by atoms with Gasteiger partial charge in [0.25, 0.3) is 0 Å². The number of nitrogens with two attached hydrogens (primary N) is 1. The Morgan fingerprint density at radius 3 is 0.966 bits per heavy atom. The number of azide groups is 1. The third kappa shape index (κ3) is 43.9. The summed E-state index contributed by atoms with van der Waals surface area (Å²) in [5.74, 6) is 0.0940. The Bertz CT molecular complexity index is 5890. The van der Waals surface area contributed by atoms with Crippen LogP contribution in [0.1, 0.15) is 278 Å². The Balaban J connectivity index is 0.000000261. The summed E-state index contributed by atoms with van der Waals surface area (Å²) < 4.78 is 11.2. The van der Waals surface area contributed by atoms with Crippen molar-refractivity contribution in [2.24, 2.45) is 37.9 Å². The number of rotatable bonds is 26. The molecule has 2 saturated heterocycles. The molecule has 0 spiro atoms. The Labute approximate surface area is 970 Å². The van der Waals surface area contributed by atoms with Gasteiger partial charge in [0, 0.05) is 39.4 Å². The predicted octanol–water partition coefficient (Wildman–Crippen LogP) is 27.0. The summed E-state index contributed by atoms with van der Waals surface area (Å²) in [6.45, 7) is 37.0. The maximum absolute atomic E-state index is 10.9. The number of hydrogen-bond acceptors (Lipinski definition) is 9. The molecule has 0 saturated carbocycles. The van der Waals surface area contributed by atoms with Crippen molar-refractivity contribution in [2.75, 3.05) is 38.1 Å². The van der Waals surface area contributed by atoms with Gasteiger partial charge >= 0.3 is 80.9 Å². The Morgan fingerprint density at radius 1 is 0.419 bits per heavy atom. The minimum absolute atomic E-state index is 0. The number of aliphatic hydroxyl groups is 3. The fraction of sp³-hybridized carbons (Fsp3) is 0.402. The number of epoxide rings is 2. The van der Waals surface area contributed by atoms with Crippen molar-refractivity contribution < 1.29 is 115 Å². The molecule has 3 aliphatic heterocycles. The minimum atomic E-state index is -0.637. The molecule has 21 heteroatoms. The van der Waals surface area contributed by atoms with Crippen LogP contribution in [-0.2, 0) is 35.2 Å². The van der Waals surface area contributed by atoms with Crippen molar-refractivity contribution in [1.82, 2.24) is 0 Å². The van der Waals surface area contributed by atoms with Crippen LogP contribution in [0, 0.1) is 27.1 Å². The number of nitrogens with zero attached hydrogens (tertiary/aromatic N) is 7. The molecule has 17 rings (SSSR count). The van der Waals surface area contributed by atoms with Gasteiger partial charge in [-0.1, -0.05) is 411 Å². The zero-order chi connectivity index (χ0) is 105. The molecule has 15 nitrogen and oxygen atoms in total. The van der Waals surface area contributed by atoms with Gasteiger partial charge in [0.15, 0.2) is 0 Å². The number of imide groups is 1. The first-order valence-electron chi connectivity index (χ1n) is 51.3. The van der Waals surface area contributed by atoms with Crippen LogP contribution in [-0.4, -0.2) is 95.7 Å². The molecule has 3 heterocycles. The predicted molar refractivity (Wildman–Crippen MR) is 624 cm³/mol. The van der Waals surface area contributed by atoms with Crippen LogP contribution in [0.25, 0.3) is 62.1 Å². The minimum Gasteiger partial charge on any atom is -0.587 e. The van der Waals surface area contributed by atoms with Gasteiger partial charge in [0.1, 0.15) is 0 Å². The number of alkyl halides is 2. The first kappa shape index (κ1) is 129. The van der Waals surface area contributed by atoms with Crippen molar-refractivity contribution in [1.29, 1.82) is 0 Å². The molecular weight excluding hydrogens is 1990 g/mol. The first-order chi connectivity index (χ1) is 69.4. The maximum atomic E-state index is 10.9. The van der Waals surface area contributed by atoms with Gasteiger partial charge in [0.2, 0.25) is 0 Å². The Morgan fingerprint density at radius 2 is 0.696 bits per heavy atom. The molecule has 0 aromatic heterocycles. The Kier molecular flexibility index (Phi) is 57.0. The monoisotopic (exact) mass is 2150 g/mol. The number of aliphatic hydroxyl groups excluding tert-OH is 3. The van der Waals surface area contributed by atoms with E-state index < -0.39 is 38.0 Å². The molecule has 5 atom stereocenters. The summed E-state index contributed by atoms with van der Waals surface area (Å²) in [4.78, 5) is 26.0. The van der Waals surface area contributed by atoms with E-state index in [1.807, 2.05) is 36.4 Å². The standard InChI is InChI=1S/C20H27ClO.C20H27N3O.C20H29NO.C20H26O.C18H15P.C17H21Br.C8H5NO2.C3H5ClO.CH4.K.N3.Na/c1-15-6-5-11-20(2,3)19(15)10-9-16-7-4-8-17(12-16)13-18(22)14-21;1-15-6-5-11-20(2,3)19(15)10-9-16-7-4-8-17(12-16)13-18(24)14-22-23-21;1-15-6-5-11-20(2,3)19(15)10-9-16-7-4-8-17(12-16)13-18(22)14-21;1-15-6-5-11-20(2,3)19(15)10-9-16-7-4-8-17(12-16)13-18-14-21-18;1-4-10-16(11-5-1)19(17-12-6-2-7-13-17)18-14-8-3-9-15-18;1-13-6-5-11-17(2,3)16(13)10-9-14-7-4-8-15(18)12-14;10-7-5-3-1-2-4-6(5)8(11)9-7;4-1-3-2-5-3;;;1-3-2;/h4,7-10,12,18,22H,5-6,11,13-14H2,1-3H3;4,7-10,12,18,24H,5-6,11,13-14H2,1-3H3;4,7-10,12,18,22H,5-6,11,13-14,21H2,1-3H3;4,7-10,12,18H,5-6,11,13-14H2,1-3H3;1-15H;4,7-10,12H,5-6,11H2,1-3H3;1-4H,(H,9,10,11);3H,1-2H2;1H4;;;/q;;;;;;;;;+1;-1;+1/p-1/b4*10-9+;;10-9+;;;;;;. The number of amides is 2. The molecule has 5 N–H and O–H groups in total. The van der Waals surface area contributed by atoms with Gasteiger partial charge in [-0.25, -0.2) is 0 Å². The molecule has 5 unspecified atom stereocenters. The quantitative estimate of drug-likeness (QED) is 0.00590. The first-order valence-corrected chi connectivity index (χ1v) is 54.6. The number of ether oxygens (including phenoxy) is 2. The normalized spacial score (nSPS) is 18.4. The van der Waals surface area contributed by atoms with E-state index in [-0.39, 0.29) is 117 Å². The van der Waals surface area contributed by atoms with Gasteiger partial charge in [-0.15, -0.1) is 23.2 Å². The second kappa shape index (κ2) is 65.5. The van der Waals surface area contributed by atoms with Crippen LogP contribution in [0.4, 0.5) is 0 Å². The van der Waals surface area contributed by atoms with Crippen LogP contribution >= 0.6 is 47.1 Å². The third-order valence-electron chi connectivity index (χ3n) is 27.9. The van der Waals surface area contributed by atoms with E-state index >= 15 is 0 Å². The fourth-order valence-electron chi connectivity index (χ4n) is 19.9. The molecule has 2 amide bonds. The largest absolute Gasteiger partial charge is 1.00 e. The summed E-state index contributed by atoms with van der Waals surface area (Å²) in [6, 6.07) is 81.1. The zero-order valence-corrected chi connectivity index (χ0v) is 99.2. The summed E-state index contributed by atoms with van der Waals surface area (Å²) >= 11 is 14.5. The van der Waals surface area contributed by atoms with Crippen LogP contribution in [0.15, 0.2) is 332 Å². The number of carbonyl (C=O) groups excluding carboxylic acids is 2. The van der Waals surface area contributed by atoms with E-state index in [2.05, 4.69) is 372 Å². The molecule has 0 radical (unpaired) electrons. The van der Waals surface area contributed by atoms with E-state index in [0.717, 1.165) is 46.4 Å². The van der Waals surface area contributed by atoms with Crippen LogP contribution in [0.3, 0.4) is 0 Å². The summed E-state index contributed by atoms with van der Waals surface area (Å²) in [6.07, 6.45) is 43.6.